The largest absolute Gasteiger partial charge is 0.503 e. The van der Waals surface area contributed by atoms with Crippen molar-refractivity contribution < 1.29 is 19.1 Å². The number of furan rings is 1. The molecule has 3 aromatic rings. The third kappa shape index (κ3) is 3.22. The number of hydrogen-bond acceptors (Lipinski definition) is 4. The molecule has 140 valence electrons. The maximum absolute atomic E-state index is 13.0. The Labute approximate surface area is 162 Å². The molecular formula is C23H19NO4. The minimum Gasteiger partial charge on any atom is -0.503 e. The fraction of sp³-hybridized carbons (Fsp3) is 0.130. The number of Topliss-reactive ketones (excluding diaryl/α,β-unsaturated/α-hetero) is 1. The van der Waals surface area contributed by atoms with E-state index in [1.165, 1.54) is 11.2 Å². The van der Waals surface area contributed by atoms with Crippen LogP contribution in [0.1, 0.15) is 23.8 Å². The van der Waals surface area contributed by atoms with Gasteiger partial charge >= 0.3 is 0 Å². The molecule has 0 bridgehead atoms. The van der Waals surface area contributed by atoms with E-state index in [4.69, 9.17) is 4.42 Å². The predicted octanol–water partition coefficient (Wildman–Crippen LogP) is 4.38. The van der Waals surface area contributed by atoms with Crippen LogP contribution in [0.15, 0.2) is 94.8 Å². The number of carbonyl (C=O) groups is 2. The smallest absolute Gasteiger partial charge is 0.294 e. The lowest BCUT2D eigenvalue weighted by Gasteiger charge is -2.24. The van der Waals surface area contributed by atoms with Crippen LogP contribution in [0.5, 0.6) is 0 Å². The zero-order chi connectivity index (χ0) is 19.5. The molecule has 1 aliphatic heterocycles. The average Bonchev–Trinajstić information content (AvgIpc) is 3.35. The van der Waals surface area contributed by atoms with Gasteiger partial charge in [-0.05, 0) is 36.2 Å². The summed E-state index contributed by atoms with van der Waals surface area (Å²) < 4.78 is 5.52. The number of hydrogen-bond donors (Lipinski definition) is 1. The summed E-state index contributed by atoms with van der Waals surface area (Å²) in [5.41, 5.74) is 1.70. The van der Waals surface area contributed by atoms with E-state index < -0.39 is 17.7 Å². The molecule has 1 amide bonds. The second-order valence-corrected chi connectivity index (χ2v) is 6.60. The van der Waals surface area contributed by atoms with Crippen molar-refractivity contribution >= 4 is 17.4 Å². The summed E-state index contributed by atoms with van der Waals surface area (Å²) in [6.07, 6.45) is 2.21. The average molecular weight is 373 g/mol. The Hall–Kier alpha value is -3.60. The summed E-state index contributed by atoms with van der Waals surface area (Å²) in [5, 5.41) is 10.6. The first-order valence-corrected chi connectivity index (χ1v) is 9.09. The molecule has 5 heteroatoms. The SMILES string of the molecule is O=C(CCc1ccccc1)C1=C(O)C(=O)N(c2ccccc2)C1c1ccco1. The summed E-state index contributed by atoms with van der Waals surface area (Å²) in [7, 11) is 0. The van der Waals surface area contributed by atoms with Gasteiger partial charge in [-0.25, -0.2) is 0 Å². The number of nitrogens with zero attached hydrogens (tertiary/aromatic N) is 1. The number of rotatable bonds is 6. The number of amides is 1. The number of aryl methyl sites for hydroxylation is 1. The number of para-hydroxylation sites is 1. The number of carbonyl (C=O) groups excluding carboxylic acids is 2. The van der Waals surface area contributed by atoms with Crippen molar-refractivity contribution in [3.8, 4) is 0 Å². The normalized spacial score (nSPS) is 16.6. The number of anilines is 1. The molecule has 1 unspecified atom stereocenters. The third-order valence-corrected chi connectivity index (χ3v) is 4.84. The highest BCUT2D eigenvalue weighted by Crippen LogP contribution is 2.41. The molecule has 1 atom stereocenters. The van der Waals surface area contributed by atoms with Crippen molar-refractivity contribution in [3.05, 3.63) is 102 Å². The first-order chi connectivity index (χ1) is 13.7. The van der Waals surface area contributed by atoms with E-state index in [1.54, 1.807) is 36.4 Å². The Balaban J connectivity index is 1.68. The van der Waals surface area contributed by atoms with E-state index in [1.807, 2.05) is 36.4 Å². The van der Waals surface area contributed by atoms with Gasteiger partial charge in [0.15, 0.2) is 11.5 Å². The summed E-state index contributed by atoms with van der Waals surface area (Å²) in [5.74, 6) is -0.946. The van der Waals surface area contributed by atoms with Crippen molar-refractivity contribution in [2.45, 2.75) is 18.9 Å². The molecule has 1 aromatic heterocycles. The Kier molecular flexibility index (Phi) is 4.81. The van der Waals surface area contributed by atoms with Crippen LogP contribution in [0.3, 0.4) is 0 Å². The number of benzene rings is 2. The molecule has 0 spiro atoms. The van der Waals surface area contributed by atoms with Crippen LogP contribution in [0, 0.1) is 0 Å². The predicted molar refractivity (Wildman–Crippen MR) is 105 cm³/mol. The Morgan fingerprint density at radius 1 is 0.964 bits per heavy atom. The van der Waals surface area contributed by atoms with Crippen LogP contribution < -0.4 is 4.90 Å². The third-order valence-electron chi connectivity index (χ3n) is 4.84. The van der Waals surface area contributed by atoms with Crippen LogP contribution in [-0.4, -0.2) is 16.8 Å². The van der Waals surface area contributed by atoms with E-state index in [0.29, 0.717) is 17.9 Å². The summed E-state index contributed by atoms with van der Waals surface area (Å²) >= 11 is 0. The highest BCUT2D eigenvalue weighted by molar-refractivity contribution is 6.16. The van der Waals surface area contributed by atoms with Crippen LogP contribution in [0.2, 0.25) is 0 Å². The topological polar surface area (TPSA) is 70.8 Å². The molecule has 1 aliphatic rings. The second-order valence-electron chi connectivity index (χ2n) is 6.60. The zero-order valence-electron chi connectivity index (χ0n) is 15.1. The Bertz CT molecular complexity index is 1010. The second kappa shape index (κ2) is 7.56. The van der Waals surface area contributed by atoms with Crippen LogP contribution in [0.25, 0.3) is 0 Å². The van der Waals surface area contributed by atoms with Gasteiger partial charge in [0.1, 0.15) is 11.8 Å². The van der Waals surface area contributed by atoms with E-state index in [2.05, 4.69) is 0 Å². The van der Waals surface area contributed by atoms with Gasteiger partial charge in [0.2, 0.25) is 0 Å². The minimum absolute atomic E-state index is 0.0831. The zero-order valence-corrected chi connectivity index (χ0v) is 15.1. The molecular weight excluding hydrogens is 354 g/mol. The Morgan fingerprint density at radius 2 is 1.64 bits per heavy atom. The first kappa shape index (κ1) is 17.8. The Morgan fingerprint density at radius 3 is 2.29 bits per heavy atom. The summed E-state index contributed by atoms with van der Waals surface area (Å²) in [4.78, 5) is 27.2. The fourth-order valence-corrected chi connectivity index (χ4v) is 3.50. The van der Waals surface area contributed by atoms with Gasteiger partial charge in [0.25, 0.3) is 5.91 Å². The van der Waals surface area contributed by atoms with Crippen molar-refractivity contribution in [3.63, 3.8) is 0 Å². The molecule has 0 saturated heterocycles. The van der Waals surface area contributed by atoms with E-state index in [0.717, 1.165) is 5.56 Å². The molecule has 1 N–H and O–H groups in total. The molecule has 28 heavy (non-hydrogen) atoms. The molecule has 5 nitrogen and oxygen atoms in total. The summed E-state index contributed by atoms with van der Waals surface area (Å²) in [6, 6.07) is 21.2. The van der Waals surface area contributed by atoms with Crippen molar-refractivity contribution in [2.75, 3.05) is 4.90 Å². The molecule has 4 rings (SSSR count). The number of aliphatic hydroxyl groups is 1. The van der Waals surface area contributed by atoms with Crippen LogP contribution in [0.4, 0.5) is 5.69 Å². The monoisotopic (exact) mass is 373 g/mol. The lowest BCUT2D eigenvalue weighted by Crippen LogP contribution is -2.30. The van der Waals surface area contributed by atoms with Gasteiger partial charge in [-0.2, -0.15) is 0 Å². The standard InChI is InChI=1S/C23H19NO4/c25-18(14-13-16-8-3-1-4-9-16)20-21(19-12-7-15-28-19)24(23(27)22(20)26)17-10-5-2-6-11-17/h1-12,15,21,26H,13-14H2. The molecule has 2 aromatic carbocycles. The van der Waals surface area contributed by atoms with Gasteiger partial charge in [-0.1, -0.05) is 48.5 Å². The fourth-order valence-electron chi connectivity index (χ4n) is 3.50. The molecule has 0 saturated carbocycles. The van der Waals surface area contributed by atoms with E-state index in [-0.39, 0.29) is 17.8 Å². The van der Waals surface area contributed by atoms with Crippen molar-refractivity contribution in [1.29, 1.82) is 0 Å². The first-order valence-electron chi connectivity index (χ1n) is 9.09. The van der Waals surface area contributed by atoms with Crippen LogP contribution >= 0.6 is 0 Å². The molecule has 2 heterocycles. The maximum Gasteiger partial charge on any atom is 0.294 e. The van der Waals surface area contributed by atoms with Crippen molar-refractivity contribution in [2.24, 2.45) is 0 Å². The van der Waals surface area contributed by atoms with Crippen LogP contribution in [-0.2, 0) is 16.0 Å². The van der Waals surface area contributed by atoms with Gasteiger partial charge in [0, 0.05) is 12.1 Å². The van der Waals surface area contributed by atoms with Gasteiger partial charge in [-0.15, -0.1) is 0 Å². The quantitative estimate of drug-likeness (QED) is 0.696. The maximum atomic E-state index is 13.0. The lowest BCUT2D eigenvalue weighted by molar-refractivity contribution is -0.118. The van der Waals surface area contributed by atoms with Crippen molar-refractivity contribution in [1.82, 2.24) is 0 Å². The van der Waals surface area contributed by atoms with Gasteiger partial charge < -0.3 is 9.52 Å². The molecule has 0 aliphatic carbocycles. The minimum atomic E-state index is -0.784. The van der Waals surface area contributed by atoms with E-state index in [9.17, 15) is 14.7 Å². The summed E-state index contributed by atoms with van der Waals surface area (Å²) in [6.45, 7) is 0. The molecule has 0 radical (unpaired) electrons. The number of aliphatic hydroxyl groups excluding tert-OH is 1. The van der Waals surface area contributed by atoms with E-state index >= 15 is 0 Å². The van der Waals surface area contributed by atoms with Gasteiger partial charge in [-0.3, -0.25) is 14.5 Å². The molecule has 0 fully saturated rings. The lowest BCUT2D eigenvalue weighted by atomic mass is 9.96. The highest BCUT2D eigenvalue weighted by atomic mass is 16.3. The highest BCUT2D eigenvalue weighted by Gasteiger charge is 2.45. The number of ketones is 1. The van der Waals surface area contributed by atoms with Gasteiger partial charge in [0.05, 0.1) is 11.8 Å².